The number of carbonyl (C=O) groups excluding carboxylic acids is 1. The van der Waals surface area contributed by atoms with Crippen LogP contribution in [0.4, 0.5) is 0 Å². The molecule has 1 aromatic heterocycles. The number of morpholine rings is 1. The lowest BCUT2D eigenvalue weighted by Crippen LogP contribution is -2.53. The topological polar surface area (TPSA) is 113 Å². The van der Waals surface area contributed by atoms with Crippen LogP contribution in [0.1, 0.15) is 32.2 Å². The summed E-state index contributed by atoms with van der Waals surface area (Å²) in [6.45, 7) is 7.58. The fraction of sp³-hybridized carbons (Fsp3) is 0.600. The third-order valence-electron chi connectivity index (χ3n) is 5.33. The maximum absolute atomic E-state index is 12.5. The number of nitrogens with zero attached hydrogens (tertiary/aromatic N) is 3. The first-order chi connectivity index (χ1) is 14.4. The molecule has 0 radical (unpaired) electrons. The van der Waals surface area contributed by atoms with Gasteiger partial charge < -0.3 is 19.9 Å². The molecule has 9 nitrogen and oxygen atoms in total. The predicted molar refractivity (Wildman–Crippen MR) is 113 cm³/mol. The molecule has 2 N–H and O–H groups in total. The molecule has 1 fully saturated rings. The van der Waals surface area contributed by atoms with Gasteiger partial charge in [0, 0.05) is 36.4 Å². The van der Waals surface area contributed by atoms with Gasteiger partial charge in [0.05, 0.1) is 37.4 Å². The number of ether oxygens (including phenoxy) is 2. The fourth-order valence-corrected chi connectivity index (χ4v) is 4.25. The van der Waals surface area contributed by atoms with Crippen molar-refractivity contribution in [1.29, 1.82) is 0 Å². The minimum Gasteiger partial charge on any atom is -0.481 e. The van der Waals surface area contributed by atoms with Crippen LogP contribution in [0.3, 0.4) is 0 Å². The van der Waals surface area contributed by atoms with Gasteiger partial charge in [-0.25, -0.2) is 9.78 Å². The molecule has 0 spiro atoms. The summed E-state index contributed by atoms with van der Waals surface area (Å²) in [7, 11) is 0. The fourth-order valence-electron chi connectivity index (χ4n) is 3.65. The highest BCUT2D eigenvalue weighted by Crippen LogP contribution is 2.24. The lowest BCUT2D eigenvalue weighted by Gasteiger charge is -2.41. The second kappa shape index (κ2) is 10.1. The molecular weight excluding hydrogens is 408 g/mol. The van der Waals surface area contributed by atoms with Crippen molar-refractivity contribution in [3.8, 4) is 0 Å². The number of carboxylic acids is 1. The molecule has 0 bridgehead atoms. The van der Waals surface area contributed by atoms with Crippen molar-refractivity contribution >= 4 is 29.1 Å². The number of aliphatic imine (C=N–C) groups is 1. The lowest BCUT2D eigenvalue weighted by atomic mass is 9.95. The number of hydrogen-bond acceptors (Lipinski definition) is 9. The number of nitrogens with one attached hydrogen (secondary N) is 1. The summed E-state index contributed by atoms with van der Waals surface area (Å²) in [5.74, 6) is -1.08. The number of esters is 1. The number of aromatic nitrogens is 1. The summed E-state index contributed by atoms with van der Waals surface area (Å²) < 4.78 is 11.0. The van der Waals surface area contributed by atoms with Crippen molar-refractivity contribution in [2.24, 2.45) is 10.9 Å². The number of amidine groups is 1. The molecule has 10 heteroatoms. The van der Waals surface area contributed by atoms with E-state index in [0.29, 0.717) is 37.5 Å². The minimum absolute atomic E-state index is 0.0789. The predicted octanol–water partition coefficient (Wildman–Crippen LogP) is 1.51. The van der Waals surface area contributed by atoms with Crippen LogP contribution in [0.15, 0.2) is 27.8 Å². The Hall–Kier alpha value is -2.30. The van der Waals surface area contributed by atoms with Crippen molar-refractivity contribution in [2.45, 2.75) is 39.3 Å². The van der Waals surface area contributed by atoms with E-state index in [9.17, 15) is 14.7 Å². The number of hydrogen-bond donors (Lipinski definition) is 2. The maximum atomic E-state index is 12.5. The third-order valence-corrected chi connectivity index (χ3v) is 6.11. The average molecular weight is 437 g/mol. The first kappa shape index (κ1) is 22.4. The smallest absolute Gasteiger partial charge is 0.337 e. The van der Waals surface area contributed by atoms with Gasteiger partial charge in [0.2, 0.25) is 0 Å². The largest absolute Gasteiger partial charge is 0.481 e. The molecule has 164 valence electrons. The summed E-state index contributed by atoms with van der Waals surface area (Å²) in [5, 5.41) is 15.3. The molecule has 0 aliphatic carbocycles. The van der Waals surface area contributed by atoms with Crippen LogP contribution in [-0.4, -0.2) is 77.8 Å². The zero-order chi connectivity index (χ0) is 21.7. The Bertz CT molecular complexity index is 823. The summed E-state index contributed by atoms with van der Waals surface area (Å²) in [6, 6.07) is -0.0789. The molecule has 1 aromatic rings. The van der Waals surface area contributed by atoms with E-state index in [0.717, 1.165) is 10.7 Å². The summed E-state index contributed by atoms with van der Waals surface area (Å²) >= 11 is 1.47. The van der Waals surface area contributed by atoms with Gasteiger partial charge in [0.25, 0.3) is 0 Å². The molecule has 0 aromatic carbocycles. The molecule has 30 heavy (non-hydrogen) atoms. The van der Waals surface area contributed by atoms with Crippen molar-refractivity contribution in [3.63, 3.8) is 0 Å². The van der Waals surface area contributed by atoms with E-state index >= 15 is 0 Å². The Morgan fingerprint density at radius 1 is 1.50 bits per heavy atom. The van der Waals surface area contributed by atoms with E-state index in [1.807, 2.05) is 12.3 Å². The van der Waals surface area contributed by atoms with Gasteiger partial charge in [0.15, 0.2) is 10.8 Å². The highest BCUT2D eigenvalue weighted by atomic mass is 32.1. The first-order valence-corrected chi connectivity index (χ1v) is 11.0. The number of carboxylic acid groups (broad SMARTS) is 1. The van der Waals surface area contributed by atoms with Gasteiger partial charge in [-0.05, 0) is 20.3 Å². The standard InChI is InChI=1S/C20H28N4O5S/c1-4-28-20(27)14-10-22-17(18-21-5-8-30-18)23-15(14)11-24-6-7-29-13(3)16(24)9-12(2)19(25)26/h5,8,12-13,16H,4,6-7,9-11H2,1-3H3,(H,22,23)(H,25,26)/t12?,13-,16-/m1/s1. The van der Waals surface area contributed by atoms with E-state index < -0.39 is 17.9 Å². The summed E-state index contributed by atoms with van der Waals surface area (Å²) in [6.07, 6.45) is 2.07. The van der Waals surface area contributed by atoms with E-state index in [-0.39, 0.29) is 25.3 Å². The number of rotatable bonds is 8. The third kappa shape index (κ3) is 5.24. The van der Waals surface area contributed by atoms with E-state index in [1.165, 1.54) is 11.3 Å². The Morgan fingerprint density at radius 2 is 2.30 bits per heavy atom. The highest BCUT2D eigenvalue weighted by molar-refractivity contribution is 7.11. The SMILES string of the molecule is CCOC(=O)C1=C(CN2CCO[C@H](C)[C@H]2CC(C)C(=O)O)NC(c2nccs2)=NC1. The van der Waals surface area contributed by atoms with Gasteiger partial charge in [-0.3, -0.25) is 14.7 Å². The Kier molecular flexibility index (Phi) is 7.57. The van der Waals surface area contributed by atoms with Crippen molar-refractivity contribution in [3.05, 3.63) is 27.9 Å². The second-order valence-corrected chi connectivity index (χ2v) is 8.29. The number of aliphatic carboxylic acids is 1. The first-order valence-electron chi connectivity index (χ1n) is 10.1. The molecule has 1 unspecified atom stereocenters. The molecule has 0 saturated carbocycles. The monoisotopic (exact) mass is 436 g/mol. The highest BCUT2D eigenvalue weighted by Gasteiger charge is 2.34. The van der Waals surface area contributed by atoms with E-state index in [2.05, 4.69) is 20.2 Å². The maximum Gasteiger partial charge on any atom is 0.337 e. The zero-order valence-electron chi connectivity index (χ0n) is 17.5. The summed E-state index contributed by atoms with van der Waals surface area (Å²) in [5.41, 5.74) is 1.21. The Labute approximate surface area is 179 Å². The summed E-state index contributed by atoms with van der Waals surface area (Å²) in [4.78, 5) is 34.9. The van der Waals surface area contributed by atoms with Gasteiger partial charge in [-0.2, -0.15) is 0 Å². The van der Waals surface area contributed by atoms with Crippen LogP contribution in [0, 0.1) is 5.92 Å². The molecule has 2 aliphatic rings. The second-order valence-electron chi connectivity index (χ2n) is 7.39. The van der Waals surface area contributed by atoms with Crippen LogP contribution < -0.4 is 5.32 Å². The Morgan fingerprint density at radius 3 is 2.97 bits per heavy atom. The number of thiazole rings is 1. The van der Waals surface area contributed by atoms with Crippen molar-refractivity contribution < 1.29 is 24.2 Å². The molecule has 3 heterocycles. The molecule has 3 atom stereocenters. The van der Waals surface area contributed by atoms with Gasteiger partial charge in [-0.15, -0.1) is 11.3 Å². The normalized spacial score (nSPS) is 23.5. The van der Waals surface area contributed by atoms with Crippen LogP contribution in [0.25, 0.3) is 0 Å². The zero-order valence-corrected chi connectivity index (χ0v) is 18.3. The van der Waals surface area contributed by atoms with Gasteiger partial charge >= 0.3 is 11.9 Å². The molecule has 1 saturated heterocycles. The van der Waals surface area contributed by atoms with Crippen LogP contribution in [0.2, 0.25) is 0 Å². The average Bonchev–Trinajstić information content (AvgIpc) is 3.25. The van der Waals surface area contributed by atoms with E-state index in [1.54, 1.807) is 20.0 Å². The quantitative estimate of drug-likeness (QED) is 0.590. The van der Waals surface area contributed by atoms with Crippen molar-refractivity contribution in [1.82, 2.24) is 15.2 Å². The van der Waals surface area contributed by atoms with Gasteiger partial charge in [-0.1, -0.05) is 6.92 Å². The van der Waals surface area contributed by atoms with Gasteiger partial charge in [0.1, 0.15) is 0 Å². The molecule has 0 amide bonds. The minimum atomic E-state index is -0.826. The number of carbonyl (C=O) groups is 2. The van der Waals surface area contributed by atoms with Crippen LogP contribution in [0.5, 0.6) is 0 Å². The molecule has 2 aliphatic heterocycles. The molecular formula is C20H28N4O5S. The Balaban J connectivity index is 1.83. The van der Waals surface area contributed by atoms with Crippen molar-refractivity contribution in [2.75, 3.05) is 32.8 Å². The van der Waals surface area contributed by atoms with Crippen LogP contribution >= 0.6 is 11.3 Å². The molecule has 3 rings (SSSR count). The lowest BCUT2D eigenvalue weighted by molar-refractivity contribution is -0.143. The van der Waals surface area contributed by atoms with E-state index in [4.69, 9.17) is 9.47 Å². The van der Waals surface area contributed by atoms with Crippen LogP contribution in [-0.2, 0) is 19.1 Å².